The second-order valence-corrected chi connectivity index (χ2v) is 9.74. The quantitative estimate of drug-likeness (QED) is 0.503. The highest BCUT2D eigenvalue weighted by Crippen LogP contribution is 2.38. The van der Waals surface area contributed by atoms with E-state index in [1.54, 1.807) is 38.3 Å². The molecule has 4 rings (SSSR count). The molecule has 1 saturated heterocycles. The van der Waals surface area contributed by atoms with Crippen LogP contribution in [0.4, 0.5) is 5.69 Å². The molecule has 0 aromatic heterocycles. The minimum absolute atomic E-state index is 0.0154. The molecule has 38 heavy (non-hydrogen) atoms. The number of fused-ring (bicyclic) bond motifs is 1. The zero-order chi connectivity index (χ0) is 27.2. The van der Waals surface area contributed by atoms with Crippen LogP contribution in [0.15, 0.2) is 48.0 Å². The Hall–Kier alpha value is -3.56. The number of hydrogen-bond donors (Lipinski definition) is 1. The fourth-order valence-corrected chi connectivity index (χ4v) is 4.74. The van der Waals surface area contributed by atoms with E-state index in [9.17, 15) is 9.59 Å². The van der Waals surface area contributed by atoms with Crippen molar-refractivity contribution in [2.24, 2.45) is 0 Å². The summed E-state index contributed by atoms with van der Waals surface area (Å²) in [5, 5.41) is 3.41. The van der Waals surface area contributed by atoms with Crippen molar-refractivity contribution in [3.63, 3.8) is 0 Å². The van der Waals surface area contributed by atoms with E-state index in [1.807, 2.05) is 43.0 Å². The molecule has 0 radical (unpaired) electrons. The predicted octanol–water partition coefficient (Wildman–Crippen LogP) is 3.07. The van der Waals surface area contributed by atoms with E-state index in [-0.39, 0.29) is 12.5 Å². The lowest BCUT2D eigenvalue weighted by molar-refractivity contribution is -0.140. The fraction of sp³-hybridized carbons (Fsp3) is 0.448. The van der Waals surface area contributed by atoms with Gasteiger partial charge >= 0.3 is 5.97 Å². The number of methoxy groups -OCH3 is 1. The zero-order valence-corrected chi connectivity index (χ0v) is 23.0. The van der Waals surface area contributed by atoms with Crippen molar-refractivity contribution in [1.82, 2.24) is 14.7 Å². The van der Waals surface area contributed by atoms with Crippen molar-refractivity contribution in [3.8, 4) is 5.75 Å². The number of rotatable bonds is 9. The highest BCUT2D eigenvalue weighted by Gasteiger charge is 2.37. The van der Waals surface area contributed by atoms with Crippen molar-refractivity contribution in [1.29, 1.82) is 0 Å². The lowest BCUT2D eigenvalue weighted by atomic mass is 9.95. The number of benzene rings is 2. The molecule has 0 spiro atoms. The number of hydrogen-bond acceptors (Lipinski definition) is 8. The summed E-state index contributed by atoms with van der Waals surface area (Å²) in [4.78, 5) is 32.6. The van der Waals surface area contributed by atoms with Crippen molar-refractivity contribution < 1.29 is 23.8 Å². The molecule has 0 aliphatic carbocycles. The first-order valence-corrected chi connectivity index (χ1v) is 13.1. The first-order valence-electron chi connectivity index (χ1n) is 13.1. The number of nitrogens with one attached hydrogen (secondary N) is 1. The van der Waals surface area contributed by atoms with E-state index >= 15 is 0 Å². The van der Waals surface area contributed by atoms with Crippen LogP contribution >= 0.6 is 0 Å². The average molecular weight is 523 g/mol. The fourth-order valence-electron chi connectivity index (χ4n) is 4.74. The van der Waals surface area contributed by atoms with Gasteiger partial charge in [0.05, 0.1) is 26.0 Å². The van der Waals surface area contributed by atoms with E-state index in [2.05, 4.69) is 16.3 Å². The number of esters is 1. The van der Waals surface area contributed by atoms with E-state index in [4.69, 9.17) is 14.2 Å². The highest BCUT2D eigenvalue weighted by atomic mass is 16.5. The van der Waals surface area contributed by atoms with E-state index in [0.29, 0.717) is 49.7 Å². The van der Waals surface area contributed by atoms with Crippen LogP contribution in [-0.2, 0) is 14.3 Å². The maximum atomic E-state index is 13.4. The molecule has 2 aliphatic heterocycles. The molecule has 0 saturated carbocycles. The third-order valence-corrected chi connectivity index (χ3v) is 6.77. The number of piperazine rings is 1. The van der Waals surface area contributed by atoms with Gasteiger partial charge in [0, 0.05) is 49.5 Å². The molecule has 204 valence electrons. The van der Waals surface area contributed by atoms with Crippen LogP contribution < -0.4 is 10.1 Å². The summed E-state index contributed by atoms with van der Waals surface area (Å²) in [5.41, 5.74) is 4.85. The highest BCUT2D eigenvalue weighted by molar-refractivity contribution is 6.02. The van der Waals surface area contributed by atoms with Crippen LogP contribution in [0.1, 0.15) is 28.4 Å². The lowest BCUT2D eigenvalue weighted by Crippen LogP contribution is -2.49. The van der Waals surface area contributed by atoms with Crippen LogP contribution in [0.5, 0.6) is 5.75 Å². The monoisotopic (exact) mass is 522 g/mol. The van der Waals surface area contributed by atoms with Gasteiger partial charge < -0.3 is 34.2 Å². The Labute approximate surface area is 224 Å². The number of anilines is 1. The number of amides is 1. The standard InChI is InChI=1S/C29H38N4O5/c1-6-37-29(35)25-26(23-19-20(2)7-12-24(23)30-27(25)38-18-17-31(3)4)32-13-15-33(16-14-32)28(34)21-8-10-22(36-5)11-9-21/h7-12,19,27,30H,6,13-18H2,1-5H3. The maximum Gasteiger partial charge on any atom is 0.340 e. The van der Waals surface area contributed by atoms with Crippen LogP contribution in [-0.4, -0.2) is 99.9 Å². The summed E-state index contributed by atoms with van der Waals surface area (Å²) in [6.45, 7) is 7.50. The van der Waals surface area contributed by atoms with E-state index in [1.165, 1.54) is 0 Å². The number of carbonyl (C=O) groups is 2. The normalized spacial score (nSPS) is 17.3. The molecular weight excluding hydrogens is 484 g/mol. The Morgan fingerprint density at radius 1 is 1.05 bits per heavy atom. The Balaban J connectivity index is 1.63. The van der Waals surface area contributed by atoms with E-state index in [0.717, 1.165) is 29.1 Å². The van der Waals surface area contributed by atoms with Gasteiger partial charge in [-0.15, -0.1) is 0 Å². The molecule has 2 aliphatic rings. The van der Waals surface area contributed by atoms with Crippen LogP contribution in [0, 0.1) is 6.92 Å². The third-order valence-electron chi connectivity index (χ3n) is 6.77. The number of likely N-dealkylation sites (N-methyl/N-ethyl adjacent to an activating group) is 1. The number of nitrogens with zero attached hydrogens (tertiary/aromatic N) is 3. The van der Waals surface area contributed by atoms with Gasteiger partial charge in [-0.1, -0.05) is 11.6 Å². The molecular formula is C29H38N4O5. The Bertz CT molecular complexity index is 1170. The lowest BCUT2D eigenvalue weighted by Gasteiger charge is -2.41. The van der Waals surface area contributed by atoms with E-state index < -0.39 is 12.2 Å². The molecule has 1 amide bonds. The van der Waals surface area contributed by atoms with Gasteiger partial charge in [0.1, 0.15) is 11.3 Å². The minimum Gasteiger partial charge on any atom is -0.497 e. The molecule has 2 heterocycles. The topological polar surface area (TPSA) is 83.6 Å². The summed E-state index contributed by atoms with van der Waals surface area (Å²) in [6, 6.07) is 13.3. The maximum absolute atomic E-state index is 13.4. The van der Waals surface area contributed by atoms with Gasteiger partial charge in [-0.2, -0.15) is 0 Å². The average Bonchev–Trinajstić information content (AvgIpc) is 2.92. The molecule has 1 unspecified atom stereocenters. The van der Waals surface area contributed by atoms with Crippen molar-refractivity contribution >= 4 is 23.3 Å². The summed E-state index contributed by atoms with van der Waals surface area (Å²) >= 11 is 0. The SMILES string of the molecule is CCOC(=O)C1=C(N2CCN(C(=O)c3ccc(OC)cc3)CC2)c2cc(C)ccc2NC1OCCN(C)C. The molecule has 1 N–H and O–H groups in total. The molecule has 9 heteroatoms. The molecule has 0 bridgehead atoms. The Morgan fingerprint density at radius 2 is 1.76 bits per heavy atom. The molecule has 1 fully saturated rings. The zero-order valence-electron chi connectivity index (χ0n) is 23.0. The summed E-state index contributed by atoms with van der Waals surface area (Å²) in [7, 11) is 5.57. The predicted molar refractivity (Wildman–Crippen MR) is 147 cm³/mol. The second-order valence-electron chi connectivity index (χ2n) is 9.74. The van der Waals surface area contributed by atoms with Crippen molar-refractivity contribution in [3.05, 3.63) is 64.7 Å². The van der Waals surface area contributed by atoms with Gasteiger partial charge in [-0.25, -0.2) is 4.79 Å². The minimum atomic E-state index is -0.641. The largest absolute Gasteiger partial charge is 0.497 e. The first kappa shape index (κ1) is 27.5. The Morgan fingerprint density at radius 3 is 2.39 bits per heavy atom. The number of aryl methyl sites for hydroxylation is 1. The van der Waals surface area contributed by atoms with Crippen LogP contribution in [0.3, 0.4) is 0 Å². The molecule has 1 atom stereocenters. The van der Waals surface area contributed by atoms with Crippen molar-refractivity contribution in [2.75, 3.05) is 72.5 Å². The number of ether oxygens (including phenoxy) is 3. The summed E-state index contributed by atoms with van der Waals surface area (Å²) < 4.78 is 16.9. The van der Waals surface area contributed by atoms with Crippen LogP contribution in [0.2, 0.25) is 0 Å². The smallest absolute Gasteiger partial charge is 0.340 e. The third kappa shape index (κ3) is 6.11. The molecule has 2 aromatic carbocycles. The van der Waals surface area contributed by atoms with Crippen LogP contribution in [0.25, 0.3) is 5.70 Å². The molecule has 9 nitrogen and oxygen atoms in total. The Kier molecular flexibility index (Phi) is 8.91. The van der Waals surface area contributed by atoms with Gasteiger partial charge in [0.2, 0.25) is 0 Å². The van der Waals surface area contributed by atoms with Gasteiger partial charge in [0.15, 0.2) is 6.23 Å². The first-order chi connectivity index (χ1) is 18.3. The van der Waals surface area contributed by atoms with Gasteiger partial charge in [-0.3, -0.25) is 4.79 Å². The summed E-state index contributed by atoms with van der Waals surface area (Å²) in [6.07, 6.45) is -0.641. The van der Waals surface area contributed by atoms with Gasteiger partial charge in [-0.05, 0) is 64.3 Å². The number of carbonyl (C=O) groups excluding carboxylic acids is 2. The second kappa shape index (κ2) is 12.3. The van der Waals surface area contributed by atoms with Gasteiger partial charge in [0.25, 0.3) is 5.91 Å². The summed E-state index contributed by atoms with van der Waals surface area (Å²) in [5.74, 6) is 0.305. The van der Waals surface area contributed by atoms with Crippen molar-refractivity contribution in [2.45, 2.75) is 20.1 Å². The molecule has 2 aromatic rings.